The van der Waals surface area contributed by atoms with Crippen molar-refractivity contribution in [2.45, 2.75) is 46.1 Å². The zero-order valence-electron chi connectivity index (χ0n) is 22.3. The molecule has 2 aromatic carbocycles. The zero-order valence-corrected chi connectivity index (χ0v) is 22.3. The van der Waals surface area contributed by atoms with Gasteiger partial charge in [-0.05, 0) is 63.9 Å². The van der Waals surface area contributed by atoms with Crippen molar-refractivity contribution in [2.24, 2.45) is 0 Å². The Hall–Kier alpha value is -4.07. The van der Waals surface area contributed by atoms with Gasteiger partial charge in [-0.25, -0.2) is 4.79 Å². The van der Waals surface area contributed by atoms with Crippen molar-refractivity contribution >= 4 is 17.6 Å². The maximum Gasteiger partial charge on any atom is 0.321 e. The number of ether oxygens (including phenoxy) is 2. The molecule has 1 saturated heterocycles. The molecule has 1 fully saturated rings. The Bertz CT molecular complexity index is 1250. The van der Waals surface area contributed by atoms with Crippen LogP contribution in [0.4, 0.5) is 10.5 Å². The first-order valence-corrected chi connectivity index (χ1v) is 13.2. The largest absolute Gasteiger partial charge is 0.494 e. The highest BCUT2D eigenvalue weighted by Gasteiger charge is 2.28. The first-order valence-electron chi connectivity index (χ1n) is 13.2. The summed E-state index contributed by atoms with van der Waals surface area (Å²) in [6.45, 7) is 8.39. The van der Waals surface area contributed by atoms with E-state index in [0.717, 1.165) is 35.5 Å². The molecule has 0 bridgehead atoms. The average molecular weight is 517 g/mol. The molecule has 8 heteroatoms. The number of carbonyl (C=O) groups excluding carboxylic acids is 2. The minimum absolute atomic E-state index is 0.0890. The van der Waals surface area contributed by atoms with Crippen LogP contribution >= 0.6 is 0 Å². The molecule has 1 aromatic heterocycles. The number of urea groups is 1. The van der Waals surface area contributed by atoms with Gasteiger partial charge >= 0.3 is 6.03 Å². The van der Waals surface area contributed by atoms with E-state index in [9.17, 15) is 9.59 Å². The Morgan fingerprint density at radius 1 is 0.921 bits per heavy atom. The molecule has 1 aliphatic rings. The third-order valence-electron chi connectivity index (χ3n) is 6.62. The Morgan fingerprint density at radius 3 is 2.32 bits per heavy atom. The van der Waals surface area contributed by atoms with Crippen molar-refractivity contribution < 1.29 is 19.1 Å². The van der Waals surface area contributed by atoms with Crippen molar-refractivity contribution in [1.29, 1.82) is 0 Å². The number of hydrogen-bond donors (Lipinski definition) is 2. The van der Waals surface area contributed by atoms with E-state index < -0.39 is 0 Å². The SMILES string of the molecule is CCOc1ccccc1CNC(=O)c1ccc(C)nc1C1CCN(C(=O)Nc2ccccc2OCC)CC1. The number of pyridine rings is 1. The number of amides is 3. The third kappa shape index (κ3) is 6.62. The van der Waals surface area contributed by atoms with Crippen molar-refractivity contribution in [1.82, 2.24) is 15.2 Å². The molecule has 1 aliphatic heterocycles. The van der Waals surface area contributed by atoms with E-state index >= 15 is 0 Å². The van der Waals surface area contributed by atoms with Gasteiger partial charge in [-0.2, -0.15) is 0 Å². The Balaban J connectivity index is 1.40. The minimum atomic E-state index is -0.161. The summed E-state index contributed by atoms with van der Waals surface area (Å²) in [5, 5.41) is 6.01. The quantitative estimate of drug-likeness (QED) is 0.390. The number of benzene rings is 2. The number of piperidine rings is 1. The van der Waals surface area contributed by atoms with Crippen LogP contribution in [0, 0.1) is 6.92 Å². The van der Waals surface area contributed by atoms with Gasteiger partial charge in [0.25, 0.3) is 5.91 Å². The van der Waals surface area contributed by atoms with Gasteiger partial charge in [0.2, 0.25) is 0 Å². The third-order valence-corrected chi connectivity index (χ3v) is 6.62. The summed E-state index contributed by atoms with van der Waals surface area (Å²) in [4.78, 5) is 32.8. The van der Waals surface area contributed by atoms with Gasteiger partial charge in [0.1, 0.15) is 11.5 Å². The highest BCUT2D eigenvalue weighted by atomic mass is 16.5. The second-order valence-electron chi connectivity index (χ2n) is 9.23. The summed E-state index contributed by atoms with van der Waals surface area (Å²) in [5.41, 5.74) is 3.83. The van der Waals surface area contributed by atoms with Crippen LogP contribution in [0.3, 0.4) is 0 Å². The molecule has 0 atom stereocenters. The number of likely N-dealkylation sites (tertiary alicyclic amines) is 1. The minimum Gasteiger partial charge on any atom is -0.494 e. The highest BCUT2D eigenvalue weighted by molar-refractivity contribution is 5.95. The van der Waals surface area contributed by atoms with Gasteiger partial charge in [-0.3, -0.25) is 9.78 Å². The predicted molar refractivity (Wildman–Crippen MR) is 148 cm³/mol. The van der Waals surface area contributed by atoms with E-state index in [0.29, 0.717) is 49.8 Å². The van der Waals surface area contributed by atoms with Crippen LogP contribution in [-0.2, 0) is 6.54 Å². The van der Waals surface area contributed by atoms with Crippen molar-refractivity contribution in [3.05, 3.63) is 83.2 Å². The van der Waals surface area contributed by atoms with Gasteiger partial charge in [-0.15, -0.1) is 0 Å². The van der Waals surface area contributed by atoms with Crippen LogP contribution in [0.25, 0.3) is 0 Å². The number of nitrogens with zero attached hydrogens (tertiary/aromatic N) is 2. The van der Waals surface area contributed by atoms with Crippen molar-refractivity contribution in [3.8, 4) is 11.5 Å². The molecule has 0 radical (unpaired) electrons. The molecule has 0 spiro atoms. The molecule has 200 valence electrons. The van der Waals surface area contributed by atoms with Crippen LogP contribution in [0.5, 0.6) is 11.5 Å². The predicted octanol–water partition coefficient (Wildman–Crippen LogP) is 5.53. The Kier molecular flexibility index (Phi) is 9.19. The number of carbonyl (C=O) groups is 2. The van der Waals surface area contributed by atoms with Gasteiger partial charge in [0, 0.05) is 36.8 Å². The molecule has 38 heavy (non-hydrogen) atoms. The maximum absolute atomic E-state index is 13.2. The highest BCUT2D eigenvalue weighted by Crippen LogP contribution is 2.31. The van der Waals surface area contributed by atoms with Crippen LogP contribution in [0.2, 0.25) is 0 Å². The van der Waals surface area contributed by atoms with Crippen LogP contribution in [0.15, 0.2) is 60.7 Å². The van der Waals surface area contributed by atoms with Crippen LogP contribution < -0.4 is 20.1 Å². The fourth-order valence-corrected chi connectivity index (χ4v) is 4.70. The Labute approximate surface area is 224 Å². The van der Waals surface area contributed by atoms with Gasteiger partial charge in [-0.1, -0.05) is 30.3 Å². The molecule has 2 N–H and O–H groups in total. The number of hydrogen-bond acceptors (Lipinski definition) is 5. The maximum atomic E-state index is 13.2. The number of rotatable bonds is 9. The fraction of sp³-hybridized carbons (Fsp3) is 0.367. The molecule has 0 aliphatic carbocycles. The summed E-state index contributed by atoms with van der Waals surface area (Å²) in [5.74, 6) is 1.35. The summed E-state index contributed by atoms with van der Waals surface area (Å²) >= 11 is 0. The van der Waals surface area contributed by atoms with Crippen LogP contribution in [0.1, 0.15) is 59.9 Å². The van der Waals surface area contributed by atoms with Crippen molar-refractivity contribution in [3.63, 3.8) is 0 Å². The van der Waals surface area contributed by atoms with E-state index in [1.807, 2.05) is 81.4 Å². The molecule has 3 amide bonds. The summed E-state index contributed by atoms with van der Waals surface area (Å²) in [7, 11) is 0. The molecule has 2 heterocycles. The molecular formula is C30H36N4O4. The smallest absolute Gasteiger partial charge is 0.321 e. The van der Waals surface area contributed by atoms with E-state index in [1.165, 1.54) is 0 Å². The topological polar surface area (TPSA) is 92.8 Å². The van der Waals surface area contributed by atoms with E-state index in [1.54, 1.807) is 4.90 Å². The summed E-state index contributed by atoms with van der Waals surface area (Å²) < 4.78 is 11.3. The lowest BCUT2D eigenvalue weighted by Crippen LogP contribution is -2.41. The van der Waals surface area contributed by atoms with E-state index in [2.05, 4.69) is 10.6 Å². The van der Waals surface area contributed by atoms with Crippen LogP contribution in [-0.4, -0.2) is 48.1 Å². The Morgan fingerprint density at radius 2 is 1.58 bits per heavy atom. The van der Waals surface area contributed by atoms with Gasteiger partial charge in [0.15, 0.2) is 0 Å². The fourth-order valence-electron chi connectivity index (χ4n) is 4.70. The van der Waals surface area contributed by atoms with Crippen molar-refractivity contribution in [2.75, 3.05) is 31.6 Å². The number of para-hydroxylation sites is 3. The normalized spacial score (nSPS) is 13.6. The lowest BCUT2D eigenvalue weighted by molar-refractivity contribution is 0.0947. The molecular weight excluding hydrogens is 480 g/mol. The van der Waals surface area contributed by atoms with Gasteiger partial charge in [0.05, 0.1) is 30.2 Å². The first-order chi connectivity index (χ1) is 18.5. The molecule has 0 unspecified atom stereocenters. The second-order valence-corrected chi connectivity index (χ2v) is 9.23. The monoisotopic (exact) mass is 516 g/mol. The number of aryl methyl sites for hydroxylation is 1. The zero-order chi connectivity index (χ0) is 26.9. The standard InChI is InChI=1S/C30H36N4O4/c1-4-37-26-12-8-6-10-23(26)20-31-29(35)24-15-14-21(3)32-28(24)22-16-18-34(19-17-22)30(36)33-25-11-7-9-13-27(25)38-5-2/h6-15,22H,4-5,16-20H2,1-3H3,(H,31,35)(H,33,36). The first kappa shape index (κ1) is 27.0. The lowest BCUT2D eigenvalue weighted by Gasteiger charge is -2.32. The summed E-state index contributed by atoms with van der Waals surface area (Å²) in [6, 6.07) is 18.7. The molecule has 0 saturated carbocycles. The number of aromatic nitrogens is 1. The summed E-state index contributed by atoms with van der Waals surface area (Å²) in [6.07, 6.45) is 1.45. The van der Waals surface area contributed by atoms with E-state index in [4.69, 9.17) is 14.5 Å². The number of nitrogens with one attached hydrogen (secondary N) is 2. The van der Waals surface area contributed by atoms with Gasteiger partial charge < -0.3 is 25.0 Å². The average Bonchev–Trinajstić information content (AvgIpc) is 2.94. The molecule has 3 aromatic rings. The lowest BCUT2D eigenvalue weighted by atomic mass is 9.90. The number of anilines is 1. The van der Waals surface area contributed by atoms with E-state index in [-0.39, 0.29) is 17.9 Å². The second kappa shape index (κ2) is 12.9. The molecule has 8 nitrogen and oxygen atoms in total. The molecule has 4 rings (SSSR count).